The zero-order chi connectivity index (χ0) is 11.5. The van der Waals surface area contributed by atoms with E-state index in [0.29, 0.717) is 12.0 Å². The van der Waals surface area contributed by atoms with Crippen molar-refractivity contribution < 1.29 is 0 Å². The summed E-state index contributed by atoms with van der Waals surface area (Å²) in [6.45, 7) is 6.65. The predicted octanol–water partition coefficient (Wildman–Crippen LogP) is 3.41. The molecule has 0 aliphatic rings. The molecule has 86 valence electrons. The number of anilines is 1. The fourth-order valence-electron chi connectivity index (χ4n) is 2.02. The largest absolute Gasteiger partial charge is 0.353 e. The average molecular weight is 217 g/mol. The highest BCUT2D eigenvalue weighted by atomic mass is 15.1. The minimum atomic E-state index is 0.445. The molecule has 0 radical (unpaired) electrons. The Balaban J connectivity index is 2.09. The van der Waals surface area contributed by atoms with Gasteiger partial charge in [-0.2, -0.15) is 0 Å². The van der Waals surface area contributed by atoms with E-state index < -0.39 is 0 Å². The van der Waals surface area contributed by atoms with Crippen LogP contribution < -0.4 is 5.32 Å². The van der Waals surface area contributed by atoms with Crippen molar-refractivity contribution in [2.75, 3.05) is 5.32 Å². The van der Waals surface area contributed by atoms with Crippen molar-refractivity contribution in [2.24, 2.45) is 5.92 Å². The first-order valence-corrected chi connectivity index (χ1v) is 5.86. The molecule has 1 aromatic carbocycles. The number of rotatable bonds is 4. The third kappa shape index (κ3) is 2.54. The highest BCUT2D eigenvalue weighted by Crippen LogP contribution is 2.15. The van der Waals surface area contributed by atoms with Gasteiger partial charge in [0.1, 0.15) is 0 Å². The van der Waals surface area contributed by atoms with E-state index in [1.807, 2.05) is 24.3 Å². The molecule has 16 heavy (non-hydrogen) atoms. The van der Waals surface area contributed by atoms with Crippen LogP contribution in [0.2, 0.25) is 0 Å². The molecule has 0 saturated heterocycles. The first kappa shape index (κ1) is 11.0. The molecule has 0 aliphatic carbocycles. The van der Waals surface area contributed by atoms with Crippen LogP contribution in [0, 0.1) is 5.92 Å². The number of benzene rings is 1. The molecule has 0 bridgehead atoms. The number of hydrogen-bond donors (Lipinski definition) is 2. The Bertz CT molecular complexity index is 426. The van der Waals surface area contributed by atoms with E-state index in [1.54, 1.807) is 0 Å². The lowest BCUT2D eigenvalue weighted by Crippen LogP contribution is -2.18. The Labute approximate surface area is 96.3 Å². The molecule has 3 heteroatoms. The van der Waals surface area contributed by atoms with Crippen LogP contribution in [-0.2, 0) is 0 Å². The summed E-state index contributed by atoms with van der Waals surface area (Å²) in [4.78, 5) is 7.77. The molecule has 0 amide bonds. The quantitative estimate of drug-likeness (QED) is 0.824. The van der Waals surface area contributed by atoms with Crippen molar-refractivity contribution in [3.05, 3.63) is 24.3 Å². The van der Waals surface area contributed by atoms with E-state index >= 15 is 0 Å². The predicted molar refractivity (Wildman–Crippen MR) is 68.6 cm³/mol. The molecule has 1 atom stereocenters. The van der Waals surface area contributed by atoms with Gasteiger partial charge in [-0.1, -0.05) is 26.0 Å². The van der Waals surface area contributed by atoms with Gasteiger partial charge in [0.25, 0.3) is 0 Å². The van der Waals surface area contributed by atoms with Gasteiger partial charge < -0.3 is 10.3 Å². The maximum absolute atomic E-state index is 4.49. The van der Waals surface area contributed by atoms with Crippen LogP contribution in [0.1, 0.15) is 27.2 Å². The van der Waals surface area contributed by atoms with E-state index in [9.17, 15) is 0 Å². The van der Waals surface area contributed by atoms with Gasteiger partial charge in [0.05, 0.1) is 11.0 Å². The molecule has 0 saturated carbocycles. The summed E-state index contributed by atoms with van der Waals surface area (Å²) in [5.74, 6) is 1.57. The van der Waals surface area contributed by atoms with Gasteiger partial charge in [-0.15, -0.1) is 0 Å². The lowest BCUT2D eigenvalue weighted by molar-refractivity contribution is 0.538. The topological polar surface area (TPSA) is 40.7 Å². The maximum Gasteiger partial charge on any atom is 0.201 e. The van der Waals surface area contributed by atoms with Crippen molar-refractivity contribution in [2.45, 2.75) is 33.2 Å². The van der Waals surface area contributed by atoms with Crippen molar-refractivity contribution in [1.82, 2.24) is 9.97 Å². The molecule has 2 rings (SSSR count). The molecular weight excluding hydrogens is 198 g/mol. The second-order valence-electron chi connectivity index (χ2n) is 4.78. The second-order valence-corrected chi connectivity index (χ2v) is 4.78. The van der Waals surface area contributed by atoms with E-state index in [4.69, 9.17) is 0 Å². The highest BCUT2D eigenvalue weighted by molar-refractivity contribution is 5.77. The SMILES string of the molecule is CC(C)CC(C)Nc1nc2ccccc2[nH]1. The van der Waals surface area contributed by atoms with Gasteiger partial charge in [0, 0.05) is 6.04 Å². The number of aromatic amines is 1. The standard InChI is InChI=1S/C13H19N3/c1-9(2)8-10(3)14-13-15-11-6-4-5-7-12(11)16-13/h4-7,9-10H,8H2,1-3H3,(H2,14,15,16). The molecular formula is C13H19N3. The third-order valence-electron chi connectivity index (χ3n) is 2.60. The minimum absolute atomic E-state index is 0.445. The lowest BCUT2D eigenvalue weighted by Gasteiger charge is -2.14. The molecule has 1 heterocycles. The number of H-pyrrole nitrogens is 1. The zero-order valence-electron chi connectivity index (χ0n) is 10.1. The van der Waals surface area contributed by atoms with Crippen molar-refractivity contribution >= 4 is 17.0 Å². The number of aromatic nitrogens is 2. The summed E-state index contributed by atoms with van der Waals surface area (Å²) in [5.41, 5.74) is 2.10. The molecule has 2 aromatic rings. The smallest absolute Gasteiger partial charge is 0.201 e. The number of nitrogens with one attached hydrogen (secondary N) is 2. The normalized spacial score (nSPS) is 13.2. The van der Waals surface area contributed by atoms with Gasteiger partial charge in [0.15, 0.2) is 0 Å². The van der Waals surface area contributed by atoms with Crippen LogP contribution in [0.5, 0.6) is 0 Å². The van der Waals surface area contributed by atoms with Gasteiger partial charge in [-0.05, 0) is 31.4 Å². The van der Waals surface area contributed by atoms with Crippen molar-refractivity contribution in [3.8, 4) is 0 Å². The Morgan fingerprint density at radius 1 is 1.25 bits per heavy atom. The number of nitrogens with zero attached hydrogens (tertiary/aromatic N) is 1. The molecule has 3 nitrogen and oxygen atoms in total. The van der Waals surface area contributed by atoms with Gasteiger partial charge in [0.2, 0.25) is 5.95 Å². The molecule has 2 N–H and O–H groups in total. The fraction of sp³-hybridized carbons (Fsp3) is 0.462. The van der Waals surface area contributed by atoms with Crippen LogP contribution in [0.3, 0.4) is 0 Å². The zero-order valence-corrected chi connectivity index (χ0v) is 10.1. The van der Waals surface area contributed by atoms with Gasteiger partial charge in [-0.3, -0.25) is 0 Å². The fourth-order valence-corrected chi connectivity index (χ4v) is 2.02. The molecule has 1 aromatic heterocycles. The van der Waals surface area contributed by atoms with Crippen molar-refractivity contribution in [1.29, 1.82) is 0 Å². The Morgan fingerprint density at radius 2 is 2.00 bits per heavy atom. The molecule has 0 aliphatic heterocycles. The Kier molecular flexibility index (Phi) is 3.13. The molecule has 1 unspecified atom stereocenters. The summed E-state index contributed by atoms with van der Waals surface area (Å²) < 4.78 is 0. The number of hydrogen-bond acceptors (Lipinski definition) is 2. The first-order valence-electron chi connectivity index (χ1n) is 5.86. The first-order chi connectivity index (χ1) is 7.65. The van der Waals surface area contributed by atoms with Gasteiger partial charge in [-0.25, -0.2) is 4.98 Å². The molecule has 0 spiro atoms. The number of imidazole rings is 1. The Morgan fingerprint density at radius 3 is 2.69 bits per heavy atom. The highest BCUT2D eigenvalue weighted by Gasteiger charge is 2.07. The van der Waals surface area contributed by atoms with Crippen LogP contribution >= 0.6 is 0 Å². The lowest BCUT2D eigenvalue weighted by atomic mass is 10.1. The van der Waals surface area contributed by atoms with Crippen LogP contribution in [0.4, 0.5) is 5.95 Å². The van der Waals surface area contributed by atoms with Gasteiger partial charge >= 0.3 is 0 Å². The Hall–Kier alpha value is -1.51. The summed E-state index contributed by atoms with van der Waals surface area (Å²) in [6.07, 6.45) is 1.15. The summed E-state index contributed by atoms with van der Waals surface area (Å²) in [6, 6.07) is 8.53. The van der Waals surface area contributed by atoms with Crippen LogP contribution in [0.25, 0.3) is 11.0 Å². The summed E-state index contributed by atoms with van der Waals surface area (Å²) in [5, 5.41) is 3.40. The number of para-hydroxylation sites is 2. The summed E-state index contributed by atoms with van der Waals surface area (Å²) in [7, 11) is 0. The average Bonchev–Trinajstić information content (AvgIpc) is 2.57. The molecule has 0 fully saturated rings. The maximum atomic E-state index is 4.49. The van der Waals surface area contributed by atoms with Crippen LogP contribution in [-0.4, -0.2) is 16.0 Å². The summed E-state index contributed by atoms with van der Waals surface area (Å²) >= 11 is 0. The van der Waals surface area contributed by atoms with E-state index in [-0.39, 0.29) is 0 Å². The van der Waals surface area contributed by atoms with E-state index in [2.05, 4.69) is 36.1 Å². The minimum Gasteiger partial charge on any atom is -0.353 e. The second kappa shape index (κ2) is 4.56. The van der Waals surface area contributed by atoms with E-state index in [0.717, 1.165) is 23.4 Å². The third-order valence-corrected chi connectivity index (χ3v) is 2.60. The van der Waals surface area contributed by atoms with Crippen LogP contribution in [0.15, 0.2) is 24.3 Å². The van der Waals surface area contributed by atoms with E-state index in [1.165, 1.54) is 0 Å². The number of fused-ring (bicyclic) bond motifs is 1. The monoisotopic (exact) mass is 217 g/mol. The van der Waals surface area contributed by atoms with Crippen molar-refractivity contribution in [3.63, 3.8) is 0 Å².